The van der Waals surface area contributed by atoms with E-state index in [0.717, 1.165) is 17.2 Å². The molecule has 0 saturated carbocycles. The highest BCUT2D eigenvalue weighted by molar-refractivity contribution is 6.05. The zero-order valence-electron chi connectivity index (χ0n) is 17.4. The van der Waals surface area contributed by atoms with E-state index in [4.69, 9.17) is 0 Å². The molecule has 0 bridgehead atoms. The monoisotopic (exact) mass is 376 g/mol. The van der Waals surface area contributed by atoms with Gasteiger partial charge in [0.25, 0.3) is 5.91 Å². The van der Waals surface area contributed by atoms with E-state index in [0.29, 0.717) is 11.3 Å². The van der Waals surface area contributed by atoms with Gasteiger partial charge in [-0.25, -0.2) is 9.97 Å². The third kappa shape index (κ3) is 3.98. The third-order valence-electron chi connectivity index (χ3n) is 4.98. The normalized spacial score (nSPS) is 12.6. The summed E-state index contributed by atoms with van der Waals surface area (Å²) in [4.78, 5) is 21.6. The fraction of sp³-hybridized carbons (Fsp3) is 0.348. The molecule has 2 aromatic heterocycles. The van der Waals surface area contributed by atoms with Crippen LogP contribution in [0, 0.1) is 13.8 Å². The molecule has 0 aliphatic carbocycles. The quantitative estimate of drug-likeness (QED) is 0.693. The van der Waals surface area contributed by atoms with Gasteiger partial charge in [0.15, 0.2) is 0 Å². The van der Waals surface area contributed by atoms with Crippen LogP contribution in [0.4, 0.5) is 5.69 Å². The maximum Gasteiger partial charge on any atom is 0.257 e. The highest BCUT2D eigenvalue weighted by atomic mass is 16.1. The molecule has 0 fully saturated rings. The fourth-order valence-electron chi connectivity index (χ4n) is 3.46. The number of rotatable bonds is 4. The van der Waals surface area contributed by atoms with Gasteiger partial charge in [-0.3, -0.25) is 4.79 Å². The van der Waals surface area contributed by atoms with Crippen molar-refractivity contribution >= 4 is 11.6 Å². The molecule has 2 heterocycles. The van der Waals surface area contributed by atoms with Crippen LogP contribution in [-0.4, -0.2) is 20.4 Å². The number of hydrogen-bond donors (Lipinski definition) is 1. The largest absolute Gasteiger partial charge is 0.341 e. The van der Waals surface area contributed by atoms with Crippen LogP contribution in [0.5, 0.6) is 0 Å². The minimum Gasteiger partial charge on any atom is -0.341 e. The lowest BCUT2D eigenvalue weighted by Gasteiger charge is -2.19. The van der Waals surface area contributed by atoms with Gasteiger partial charge in [0.05, 0.1) is 29.7 Å². The highest BCUT2D eigenvalue weighted by Crippen LogP contribution is 2.26. The topological polar surface area (TPSA) is 59.8 Å². The van der Waals surface area contributed by atoms with Gasteiger partial charge < -0.3 is 9.88 Å². The van der Waals surface area contributed by atoms with Gasteiger partial charge in [0.2, 0.25) is 0 Å². The number of anilines is 1. The molecule has 1 unspecified atom stereocenters. The predicted molar refractivity (Wildman–Crippen MR) is 113 cm³/mol. The van der Waals surface area contributed by atoms with Gasteiger partial charge >= 0.3 is 0 Å². The highest BCUT2D eigenvalue weighted by Gasteiger charge is 2.21. The van der Waals surface area contributed by atoms with Crippen molar-refractivity contribution in [1.29, 1.82) is 0 Å². The van der Waals surface area contributed by atoms with E-state index in [1.54, 1.807) is 12.4 Å². The van der Waals surface area contributed by atoms with E-state index in [1.807, 2.05) is 38.1 Å². The summed E-state index contributed by atoms with van der Waals surface area (Å²) in [5.41, 5.74) is 4.35. The van der Waals surface area contributed by atoms with Crippen molar-refractivity contribution in [2.45, 2.75) is 53.0 Å². The Hall–Kier alpha value is -2.95. The summed E-state index contributed by atoms with van der Waals surface area (Å²) in [5, 5.41) is 2.92. The van der Waals surface area contributed by atoms with Crippen molar-refractivity contribution in [2.75, 3.05) is 5.32 Å². The lowest BCUT2D eigenvalue weighted by molar-refractivity contribution is 0.102. The fourth-order valence-corrected chi connectivity index (χ4v) is 3.46. The Morgan fingerprint density at radius 1 is 1.07 bits per heavy atom. The number of benzene rings is 1. The lowest BCUT2D eigenvalue weighted by atomic mass is 9.96. The van der Waals surface area contributed by atoms with Crippen LogP contribution >= 0.6 is 0 Å². The van der Waals surface area contributed by atoms with Crippen LogP contribution < -0.4 is 5.32 Å². The summed E-state index contributed by atoms with van der Waals surface area (Å²) in [7, 11) is 0. The average Bonchev–Trinajstić information content (AvgIpc) is 2.96. The van der Waals surface area contributed by atoms with Gasteiger partial charge in [-0.15, -0.1) is 0 Å². The molecule has 146 valence electrons. The number of carbonyl (C=O) groups is 1. The SMILES string of the molecule is Cc1cc(C(=O)Nc2cnc(C(C)(C)C)nc2)c(C)n1C(C)c1ccccc1. The second kappa shape index (κ2) is 7.58. The first kappa shape index (κ1) is 19.8. The number of nitrogens with one attached hydrogen (secondary N) is 1. The Kier molecular flexibility index (Phi) is 5.36. The molecule has 5 heteroatoms. The molecule has 5 nitrogen and oxygen atoms in total. The maximum atomic E-state index is 12.9. The number of amides is 1. The Bertz CT molecular complexity index is 966. The predicted octanol–water partition coefficient (Wildman–Crippen LogP) is 5.05. The Morgan fingerprint density at radius 2 is 1.68 bits per heavy atom. The van der Waals surface area contributed by atoms with Crippen LogP contribution in [0.25, 0.3) is 0 Å². The number of hydrogen-bond acceptors (Lipinski definition) is 3. The van der Waals surface area contributed by atoms with Crippen LogP contribution in [0.3, 0.4) is 0 Å². The Morgan fingerprint density at radius 3 is 2.25 bits per heavy atom. The van der Waals surface area contributed by atoms with Crippen molar-refractivity contribution in [2.24, 2.45) is 0 Å². The minimum absolute atomic E-state index is 0.124. The van der Waals surface area contributed by atoms with E-state index in [9.17, 15) is 4.79 Å². The van der Waals surface area contributed by atoms with Crippen LogP contribution in [0.1, 0.15) is 66.9 Å². The molecule has 0 aliphatic rings. The first-order chi connectivity index (χ1) is 13.2. The maximum absolute atomic E-state index is 12.9. The molecular weight excluding hydrogens is 348 g/mol. The first-order valence-corrected chi connectivity index (χ1v) is 9.55. The summed E-state index contributed by atoms with van der Waals surface area (Å²) in [5.74, 6) is 0.604. The van der Waals surface area contributed by atoms with Crippen molar-refractivity contribution in [3.05, 3.63) is 77.1 Å². The van der Waals surface area contributed by atoms with Gasteiger partial charge in [0.1, 0.15) is 5.82 Å². The Labute approximate surface area is 166 Å². The summed E-state index contributed by atoms with van der Waals surface area (Å²) in [6, 6.07) is 12.4. The number of aryl methyl sites for hydroxylation is 1. The van der Waals surface area contributed by atoms with E-state index in [1.165, 1.54) is 5.56 Å². The molecule has 0 saturated heterocycles. The van der Waals surface area contributed by atoms with Crippen molar-refractivity contribution in [3.63, 3.8) is 0 Å². The van der Waals surface area contributed by atoms with Gasteiger partial charge in [0, 0.05) is 16.8 Å². The van der Waals surface area contributed by atoms with E-state index >= 15 is 0 Å². The molecule has 0 radical (unpaired) electrons. The summed E-state index contributed by atoms with van der Waals surface area (Å²) < 4.78 is 2.20. The van der Waals surface area contributed by atoms with Gasteiger partial charge in [-0.2, -0.15) is 0 Å². The van der Waals surface area contributed by atoms with Crippen molar-refractivity contribution in [3.8, 4) is 0 Å². The van der Waals surface area contributed by atoms with E-state index in [2.05, 4.69) is 59.7 Å². The second-order valence-electron chi connectivity index (χ2n) is 8.24. The molecule has 28 heavy (non-hydrogen) atoms. The average molecular weight is 377 g/mol. The number of nitrogens with zero attached hydrogens (tertiary/aromatic N) is 3. The molecular formula is C23H28N4O. The molecule has 3 aromatic rings. The summed E-state index contributed by atoms with van der Waals surface area (Å²) >= 11 is 0. The zero-order valence-corrected chi connectivity index (χ0v) is 17.4. The van der Waals surface area contributed by atoms with E-state index < -0.39 is 0 Å². The molecule has 1 atom stereocenters. The molecule has 0 aliphatic heterocycles. The third-order valence-corrected chi connectivity index (χ3v) is 4.98. The minimum atomic E-state index is -0.147. The molecule has 3 rings (SSSR count). The lowest BCUT2D eigenvalue weighted by Crippen LogP contribution is -2.18. The van der Waals surface area contributed by atoms with Crippen LogP contribution in [-0.2, 0) is 5.41 Å². The van der Waals surface area contributed by atoms with Crippen LogP contribution in [0.15, 0.2) is 48.8 Å². The first-order valence-electron chi connectivity index (χ1n) is 9.55. The summed E-state index contributed by atoms with van der Waals surface area (Å²) in [6.45, 7) is 12.3. The smallest absolute Gasteiger partial charge is 0.257 e. The molecule has 1 aromatic carbocycles. The summed E-state index contributed by atoms with van der Waals surface area (Å²) in [6.07, 6.45) is 3.33. The zero-order chi connectivity index (χ0) is 20.5. The number of carbonyl (C=O) groups excluding carboxylic acids is 1. The molecule has 0 spiro atoms. The van der Waals surface area contributed by atoms with Crippen LogP contribution in [0.2, 0.25) is 0 Å². The number of aromatic nitrogens is 3. The van der Waals surface area contributed by atoms with Gasteiger partial charge in [-0.05, 0) is 32.4 Å². The Balaban J connectivity index is 1.83. The van der Waals surface area contributed by atoms with E-state index in [-0.39, 0.29) is 17.4 Å². The molecule has 1 N–H and O–H groups in total. The molecule has 1 amide bonds. The van der Waals surface area contributed by atoms with Crippen molar-refractivity contribution in [1.82, 2.24) is 14.5 Å². The van der Waals surface area contributed by atoms with Crippen molar-refractivity contribution < 1.29 is 4.79 Å². The standard InChI is InChI=1S/C23H28N4O/c1-15-12-20(17(3)27(15)16(2)18-10-8-7-9-11-18)21(28)26-19-13-24-22(25-14-19)23(4,5)6/h7-14,16H,1-6H3,(H,26,28). The van der Waals surface area contributed by atoms with Gasteiger partial charge in [-0.1, -0.05) is 51.1 Å². The second-order valence-corrected chi connectivity index (χ2v) is 8.24.